The molecule has 0 fully saturated rings. The summed E-state index contributed by atoms with van der Waals surface area (Å²) in [4.78, 5) is 23.0. The maximum Gasteiger partial charge on any atom is 0.272 e. The fourth-order valence-electron chi connectivity index (χ4n) is 2.56. The molecule has 0 unspecified atom stereocenters. The van der Waals surface area contributed by atoms with Crippen LogP contribution in [0.3, 0.4) is 0 Å². The van der Waals surface area contributed by atoms with Crippen LogP contribution in [0.2, 0.25) is 0 Å². The van der Waals surface area contributed by atoms with Gasteiger partial charge in [0.1, 0.15) is 5.69 Å². The summed E-state index contributed by atoms with van der Waals surface area (Å²) in [5, 5.41) is 1.05. The number of carbonyl (C=O) groups is 1. The van der Waals surface area contributed by atoms with Crippen LogP contribution in [0.15, 0.2) is 60.9 Å². The molecule has 1 aromatic carbocycles. The van der Waals surface area contributed by atoms with E-state index in [1.165, 1.54) is 5.56 Å². The van der Waals surface area contributed by atoms with Gasteiger partial charge in [0.05, 0.1) is 5.52 Å². The van der Waals surface area contributed by atoms with Crippen molar-refractivity contribution in [3.05, 3.63) is 72.2 Å². The summed E-state index contributed by atoms with van der Waals surface area (Å²) in [5.41, 5.74) is 2.53. The van der Waals surface area contributed by atoms with Gasteiger partial charge in [0.2, 0.25) is 0 Å². The molecule has 4 nitrogen and oxygen atoms in total. The number of nitrogens with zero attached hydrogens (tertiary/aromatic N) is 3. The van der Waals surface area contributed by atoms with Gasteiger partial charge in [-0.1, -0.05) is 24.3 Å². The fourth-order valence-corrected chi connectivity index (χ4v) is 2.56. The molecule has 0 aliphatic rings. The average molecular weight is 305 g/mol. The third-order valence-corrected chi connectivity index (χ3v) is 3.91. The van der Waals surface area contributed by atoms with Crippen molar-refractivity contribution in [3.63, 3.8) is 0 Å². The van der Waals surface area contributed by atoms with Crippen molar-refractivity contribution in [1.82, 2.24) is 14.9 Å². The molecule has 23 heavy (non-hydrogen) atoms. The van der Waals surface area contributed by atoms with Crippen molar-refractivity contribution < 1.29 is 4.79 Å². The Morgan fingerprint density at radius 2 is 1.83 bits per heavy atom. The molecule has 4 heteroatoms. The van der Waals surface area contributed by atoms with Crippen molar-refractivity contribution in [2.24, 2.45) is 0 Å². The number of carbonyl (C=O) groups excluding carboxylic acids is 1. The molecule has 2 heterocycles. The molecule has 0 spiro atoms. The van der Waals surface area contributed by atoms with Crippen molar-refractivity contribution in [2.75, 3.05) is 13.1 Å². The molecule has 0 aliphatic carbocycles. The monoisotopic (exact) mass is 305 g/mol. The Morgan fingerprint density at radius 3 is 2.61 bits per heavy atom. The SMILES string of the molecule is CCN(CCc1ccncc1)C(=O)c1ccc2ccccc2n1. The maximum atomic E-state index is 12.7. The largest absolute Gasteiger partial charge is 0.337 e. The Bertz CT molecular complexity index is 802. The van der Waals surface area contributed by atoms with E-state index >= 15 is 0 Å². The third-order valence-electron chi connectivity index (χ3n) is 3.91. The van der Waals surface area contributed by atoms with E-state index in [4.69, 9.17) is 0 Å². The molecule has 0 aliphatic heterocycles. The summed E-state index contributed by atoms with van der Waals surface area (Å²) in [6.07, 6.45) is 4.37. The van der Waals surface area contributed by atoms with Gasteiger partial charge in [0.15, 0.2) is 0 Å². The summed E-state index contributed by atoms with van der Waals surface area (Å²) < 4.78 is 0. The van der Waals surface area contributed by atoms with Crippen molar-refractivity contribution in [1.29, 1.82) is 0 Å². The van der Waals surface area contributed by atoms with Crippen LogP contribution in [0, 0.1) is 0 Å². The van der Waals surface area contributed by atoms with Gasteiger partial charge in [-0.25, -0.2) is 4.98 Å². The number of fused-ring (bicyclic) bond motifs is 1. The number of aromatic nitrogens is 2. The first kappa shape index (κ1) is 15.2. The number of hydrogen-bond donors (Lipinski definition) is 0. The third kappa shape index (κ3) is 3.54. The van der Waals surface area contributed by atoms with E-state index in [2.05, 4.69) is 9.97 Å². The Hall–Kier alpha value is -2.75. The molecule has 0 saturated heterocycles. The lowest BCUT2D eigenvalue weighted by molar-refractivity contribution is 0.0761. The van der Waals surface area contributed by atoms with E-state index in [0.29, 0.717) is 18.8 Å². The molecular formula is C19H19N3O. The summed E-state index contributed by atoms with van der Waals surface area (Å²) in [5.74, 6) is -0.0210. The van der Waals surface area contributed by atoms with E-state index in [-0.39, 0.29) is 5.91 Å². The molecule has 0 saturated carbocycles. The van der Waals surface area contributed by atoms with Crippen LogP contribution in [0.1, 0.15) is 23.0 Å². The molecular weight excluding hydrogens is 286 g/mol. The molecule has 0 bridgehead atoms. The molecule has 0 N–H and O–H groups in total. The molecule has 3 aromatic rings. The highest BCUT2D eigenvalue weighted by molar-refractivity contribution is 5.94. The van der Waals surface area contributed by atoms with Gasteiger partial charge in [-0.15, -0.1) is 0 Å². The summed E-state index contributed by atoms with van der Waals surface area (Å²) in [6, 6.07) is 15.5. The number of rotatable bonds is 5. The second kappa shape index (κ2) is 7.01. The highest BCUT2D eigenvalue weighted by Gasteiger charge is 2.15. The Morgan fingerprint density at radius 1 is 1.04 bits per heavy atom. The predicted octanol–water partition coefficient (Wildman–Crippen LogP) is 3.33. The van der Waals surface area contributed by atoms with Gasteiger partial charge < -0.3 is 4.90 Å². The van der Waals surface area contributed by atoms with E-state index in [1.807, 2.05) is 54.3 Å². The van der Waals surface area contributed by atoms with Crippen LogP contribution in [0.4, 0.5) is 0 Å². The van der Waals surface area contributed by atoms with Crippen LogP contribution in [-0.4, -0.2) is 33.9 Å². The van der Waals surface area contributed by atoms with Gasteiger partial charge in [0, 0.05) is 30.9 Å². The minimum absolute atomic E-state index is 0.0210. The summed E-state index contributed by atoms with van der Waals surface area (Å²) in [7, 11) is 0. The Balaban J connectivity index is 1.75. The van der Waals surface area contributed by atoms with Gasteiger partial charge in [0.25, 0.3) is 5.91 Å². The van der Waals surface area contributed by atoms with E-state index < -0.39 is 0 Å². The molecule has 3 rings (SSSR count). The molecule has 1 amide bonds. The van der Waals surface area contributed by atoms with Gasteiger partial charge >= 0.3 is 0 Å². The minimum Gasteiger partial charge on any atom is -0.337 e. The van der Waals surface area contributed by atoms with E-state index in [9.17, 15) is 4.79 Å². The second-order valence-electron chi connectivity index (χ2n) is 5.38. The molecule has 0 atom stereocenters. The molecule has 116 valence electrons. The van der Waals surface area contributed by atoms with E-state index in [1.54, 1.807) is 18.5 Å². The highest BCUT2D eigenvalue weighted by atomic mass is 16.2. The van der Waals surface area contributed by atoms with Crippen LogP contribution in [0.5, 0.6) is 0 Å². The number of benzene rings is 1. The maximum absolute atomic E-state index is 12.7. The average Bonchev–Trinajstić information content (AvgIpc) is 2.62. The van der Waals surface area contributed by atoms with Crippen molar-refractivity contribution >= 4 is 16.8 Å². The Kier molecular flexibility index (Phi) is 4.62. The number of likely N-dealkylation sites (N-methyl/N-ethyl adjacent to an activating group) is 1. The van der Waals surface area contributed by atoms with E-state index in [0.717, 1.165) is 17.3 Å². The lowest BCUT2D eigenvalue weighted by Gasteiger charge is -2.20. The second-order valence-corrected chi connectivity index (χ2v) is 5.38. The van der Waals surface area contributed by atoms with Crippen LogP contribution >= 0.6 is 0 Å². The number of hydrogen-bond acceptors (Lipinski definition) is 3. The quantitative estimate of drug-likeness (QED) is 0.726. The number of amides is 1. The lowest BCUT2D eigenvalue weighted by Crippen LogP contribution is -2.33. The standard InChI is InChI=1S/C19H19N3O/c1-2-22(14-11-15-9-12-20-13-10-15)19(23)18-8-7-16-5-3-4-6-17(16)21-18/h3-10,12-13H,2,11,14H2,1H3. The molecule has 0 radical (unpaired) electrons. The Labute approximate surface area is 135 Å². The smallest absolute Gasteiger partial charge is 0.272 e. The van der Waals surface area contributed by atoms with Crippen LogP contribution < -0.4 is 0 Å². The van der Waals surface area contributed by atoms with Crippen molar-refractivity contribution in [3.8, 4) is 0 Å². The fraction of sp³-hybridized carbons (Fsp3) is 0.211. The summed E-state index contributed by atoms with van der Waals surface area (Å²) in [6.45, 7) is 3.33. The predicted molar refractivity (Wildman–Crippen MR) is 91.3 cm³/mol. The van der Waals surface area contributed by atoms with Gasteiger partial charge in [-0.05, 0) is 43.2 Å². The van der Waals surface area contributed by atoms with Gasteiger partial charge in [-0.3, -0.25) is 9.78 Å². The van der Waals surface area contributed by atoms with Crippen LogP contribution in [0.25, 0.3) is 10.9 Å². The topological polar surface area (TPSA) is 46.1 Å². The summed E-state index contributed by atoms with van der Waals surface area (Å²) >= 11 is 0. The zero-order valence-electron chi connectivity index (χ0n) is 13.1. The first-order valence-electron chi connectivity index (χ1n) is 7.82. The number of para-hydroxylation sites is 1. The molecule has 2 aromatic heterocycles. The first-order valence-corrected chi connectivity index (χ1v) is 7.82. The van der Waals surface area contributed by atoms with Crippen LogP contribution in [-0.2, 0) is 6.42 Å². The number of pyridine rings is 2. The normalized spacial score (nSPS) is 10.7. The van der Waals surface area contributed by atoms with Crippen molar-refractivity contribution in [2.45, 2.75) is 13.3 Å². The first-order chi connectivity index (χ1) is 11.3. The zero-order chi connectivity index (χ0) is 16.1. The minimum atomic E-state index is -0.0210. The highest BCUT2D eigenvalue weighted by Crippen LogP contribution is 2.13. The lowest BCUT2D eigenvalue weighted by atomic mass is 10.1. The van der Waals surface area contributed by atoms with Gasteiger partial charge in [-0.2, -0.15) is 0 Å². The zero-order valence-corrected chi connectivity index (χ0v) is 13.1.